The molecule has 24 heavy (non-hydrogen) atoms. The summed E-state index contributed by atoms with van der Waals surface area (Å²) in [6.07, 6.45) is 4.64. The van der Waals surface area contributed by atoms with Gasteiger partial charge in [0, 0.05) is 17.1 Å². The van der Waals surface area contributed by atoms with Gasteiger partial charge in [-0.05, 0) is 49.4 Å². The van der Waals surface area contributed by atoms with Gasteiger partial charge in [0.05, 0.1) is 0 Å². The third kappa shape index (κ3) is 1.56. The molecule has 2 aliphatic heterocycles. The van der Waals surface area contributed by atoms with Gasteiger partial charge in [-0.3, -0.25) is 0 Å². The number of ether oxygens (including phenoxy) is 2. The maximum atomic E-state index is 12.1. The van der Waals surface area contributed by atoms with E-state index in [0.717, 1.165) is 24.8 Å². The molecule has 1 spiro atoms. The van der Waals surface area contributed by atoms with E-state index in [1.807, 2.05) is 6.92 Å². The minimum absolute atomic E-state index is 0.00911. The van der Waals surface area contributed by atoms with Crippen LogP contribution in [0.15, 0.2) is 11.1 Å². The molecular formula is C20H28O4. The van der Waals surface area contributed by atoms with Crippen molar-refractivity contribution in [2.45, 2.75) is 83.7 Å². The quantitative estimate of drug-likeness (QED) is 0.547. The number of aliphatic hydroxyl groups excluding tert-OH is 1. The summed E-state index contributed by atoms with van der Waals surface area (Å²) in [7, 11) is 0. The van der Waals surface area contributed by atoms with Gasteiger partial charge in [0.25, 0.3) is 0 Å². The van der Waals surface area contributed by atoms with Gasteiger partial charge in [-0.1, -0.05) is 27.2 Å². The number of epoxide rings is 1. The van der Waals surface area contributed by atoms with Crippen LogP contribution < -0.4 is 0 Å². The number of hydrogen-bond acceptors (Lipinski definition) is 4. The van der Waals surface area contributed by atoms with E-state index in [1.165, 1.54) is 12.8 Å². The van der Waals surface area contributed by atoms with E-state index in [4.69, 9.17) is 9.47 Å². The number of fused-ring (bicyclic) bond motifs is 4. The van der Waals surface area contributed by atoms with Gasteiger partial charge in [0.15, 0.2) is 6.10 Å². The van der Waals surface area contributed by atoms with Crippen molar-refractivity contribution in [3.8, 4) is 0 Å². The van der Waals surface area contributed by atoms with Crippen LogP contribution in [0.1, 0.15) is 59.8 Å². The summed E-state index contributed by atoms with van der Waals surface area (Å²) in [5, 5.41) is 11.3. The maximum absolute atomic E-state index is 12.1. The Kier molecular flexibility index (Phi) is 2.74. The van der Waals surface area contributed by atoms with E-state index in [0.29, 0.717) is 16.9 Å². The van der Waals surface area contributed by atoms with Gasteiger partial charge in [0.1, 0.15) is 17.8 Å². The summed E-state index contributed by atoms with van der Waals surface area (Å²) in [4.78, 5) is 12.1. The van der Waals surface area contributed by atoms with Gasteiger partial charge in [-0.25, -0.2) is 4.79 Å². The van der Waals surface area contributed by atoms with Crippen LogP contribution in [0.25, 0.3) is 0 Å². The smallest absolute Gasteiger partial charge is 0.334 e. The Morgan fingerprint density at radius 1 is 1.17 bits per heavy atom. The standard InChI is InChI=1S/C20H28O4/c1-10-12-14(23-17(10)22)13(21)15-19(4)8-5-7-18(2,3)11(19)6-9-20(15)16(12)24-20/h11,13-16,21H,5-9H2,1-4H3/t11-,13?,14-,15+,16?,19?,20?/m1/s1. The lowest BCUT2D eigenvalue weighted by atomic mass is 9.43. The first-order chi connectivity index (χ1) is 11.2. The SMILES string of the molecule is CC1=C2C3OC34CC[C@@H]3C(C)(C)CCCC3(C)[C@@H]4C(O)[C@@H]2OC1=O. The van der Waals surface area contributed by atoms with Crippen molar-refractivity contribution in [3.63, 3.8) is 0 Å². The molecule has 3 aliphatic carbocycles. The van der Waals surface area contributed by atoms with Crippen molar-refractivity contribution in [1.29, 1.82) is 0 Å². The Morgan fingerprint density at radius 3 is 2.67 bits per heavy atom. The van der Waals surface area contributed by atoms with Crippen LogP contribution in [0.2, 0.25) is 0 Å². The zero-order valence-electron chi connectivity index (χ0n) is 15.1. The maximum Gasteiger partial charge on any atom is 0.334 e. The van der Waals surface area contributed by atoms with Crippen LogP contribution in [-0.4, -0.2) is 35.0 Å². The number of esters is 1. The molecule has 3 saturated carbocycles. The first-order valence-corrected chi connectivity index (χ1v) is 9.50. The van der Waals surface area contributed by atoms with Crippen LogP contribution in [0.5, 0.6) is 0 Å². The summed E-state index contributed by atoms with van der Waals surface area (Å²) in [5.74, 6) is 0.391. The molecule has 5 aliphatic rings. The van der Waals surface area contributed by atoms with Crippen LogP contribution in [0, 0.1) is 22.7 Å². The van der Waals surface area contributed by atoms with Gasteiger partial charge in [0.2, 0.25) is 0 Å². The Hall–Kier alpha value is -0.870. The predicted octanol–water partition coefficient (Wildman–Crippen LogP) is 2.98. The molecule has 132 valence electrons. The van der Waals surface area contributed by atoms with Gasteiger partial charge in [-0.2, -0.15) is 0 Å². The third-order valence-corrected chi connectivity index (χ3v) is 8.27. The Morgan fingerprint density at radius 2 is 1.92 bits per heavy atom. The molecule has 4 nitrogen and oxygen atoms in total. The molecule has 1 N–H and O–H groups in total. The molecule has 4 unspecified atom stereocenters. The van der Waals surface area contributed by atoms with Gasteiger partial charge in [-0.15, -0.1) is 0 Å². The lowest BCUT2D eigenvalue weighted by molar-refractivity contribution is -0.174. The highest BCUT2D eigenvalue weighted by molar-refractivity contribution is 5.92. The molecule has 0 aromatic heterocycles. The van der Waals surface area contributed by atoms with E-state index >= 15 is 0 Å². The van der Waals surface area contributed by atoms with E-state index in [1.54, 1.807) is 0 Å². The molecule has 2 heterocycles. The highest BCUT2D eigenvalue weighted by atomic mass is 16.6. The summed E-state index contributed by atoms with van der Waals surface area (Å²) in [5.41, 5.74) is 1.70. The molecular weight excluding hydrogens is 304 g/mol. The average Bonchev–Trinajstić information content (AvgIpc) is 3.10. The van der Waals surface area contributed by atoms with Crippen molar-refractivity contribution in [1.82, 2.24) is 0 Å². The topological polar surface area (TPSA) is 59.1 Å². The number of carbonyl (C=O) groups is 1. The highest BCUT2D eigenvalue weighted by Gasteiger charge is 2.77. The van der Waals surface area contributed by atoms with Crippen molar-refractivity contribution >= 4 is 5.97 Å². The van der Waals surface area contributed by atoms with Crippen molar-refractivity contribution < 1.29 is 19.4 Å². The second-order valence-corrected chi connectivity index (χ2v) is 9.77. The average molecular weight is 332 g/mol. The minimum Gasteiger partial charge on any atom is -0.452 e. The lowest BCUT2D eigenvalue weighted by Gasteiger charge is -2.61. The first kappa shape index (κ1) is 15.4. The second kappa shape index (κ2) is 4.27. The number of carbonyl (C=O) groups excluding carboxylic acids is 1. The Balaban J connectivity index is 1.61. The largest absolute Gasteiger partial charge is 0.452 e. The predicted molar refractivity (Wildman–Crippen MR) is 88.1 cm³/mol. The van der Waals surface area contributed by atoms with Crippen LogP contribution >= 0.6 is 0 Å². The zero-order chi connectivity index (χ0) is 17.1. The normalized spacial score (nSPS) is 54.4. The molecule has 0 radical (unpaired) electrons. The lowest BCUT2D eigenvalue weighted by Crippen LogP contribution is -2.63. The Labute approximate surface area is 143 Å². The van der Waals surface area contributed by atoms with E-state index in [-0.39, 0.29) is 29.0 Å². The van der Waals surface area contributed by atoms with E-state index < -0.39 is 12.2 Å². The van der Waals surface area contributed by atoms with Crippen molar-refractivity contribution in [3.05, 3.63) is 11.1 Å². The molecule has 0 bridgehead atoms. The van der Waals surface area contributed by atoms with Crippen molar-refractivity contribution in [2.24, 2.45) is 22.7 Å². The number of aliphatic hydroxyl groups is 1. The molecule has 1 saturated heterocycles. The Bertz CT molecular complexity index is 665. The fourth-order valence-corrected chi connectivity index (χ4v) is 7.33. The summed E-state index contributed by atoms with van der Waals surface area (Å²) in [6.45, 7) is 8.96. The number of rotatable bonds is 0. The van der Waals surface area contributed by atoms with Crippen LogP contribution in [-0.2, 0) is 14.3 Å². The van der Waals surface area contributed by atoms with Crippen molar-refractivity contribution in [2.75, 3.05) is 0 Å². The summed E-state index contributed by atoms with van der Waals surface area (Å²) >= 11 is 0. The molecule has 0 aromatic carbocycles. The monoisotopic (exact) mass is 332 g/mol. The van der Waals surface area contributed by atoms with E-state index in [2.05, 4.69) is 20.8 Å². The van der Waals surface area contributed by atoms with Gasteiger partial charge >= 0.3 is 5.97 Å². The molecule has 0 amide bonds. The fourth-order valence-electron chi connectivity index (χ4n) is 7.33. The first-order valence-electron chi connectivity index (χ1n) is 9.50. The number of hydrogen-bond donors (Lipinski definition) is 1. The van der Waals surface area contributed by atoms with E-state index in [9.17, 15) is 9.90 Å². The zero-order valence-corrected chi connectivity index (χ0v) is 15.1. The molecule has 5 rings (SSSR count). The third-order valence-electron chi connectivity index (χ3n) is 8.27. The minimum atomic E-state index is -0.637. The van der Waals surface area contributed by atoms with Gasteiger partial charge < -0.3 is 14.6 Å². The molecule has 4 fully saturated rings. The molecule has 7 atom stereocenters. The molecule has 4 heteroatoms. The molecule has 0 aromatic rings. The highest BCUT2D eigenvalue weighted by Crippen LogP contribution is 2.71. The summed E-state index contributed by atoms with van der Waals surface area (Å²) < 4.78 is 11.9. The second-order valence-electron chi connectivity index (χ2n) is 9.77. The fraction of sp³-hybridized carbons (Fsp3) is 0.850. The van der Waals surface area contributed by atoms with Crippen LogP contribution in [0.3, 0.4) is 0 Å². The van der Waals surface area contributed by atoms with Crippen LogP contribution in [0.4, 0.5) is 0 Å². The summed E-state index contributed by atoms with van der Waals surface area (Å²) in [6, 6.07) is 0.